The predicted molar refractivity (Wildman–Crippen MR) is 112 cm³/mol. The number of aliphatic hydroxyl groups excluding tert-OH is 1. The first kappa shape index (κ1) is 25.7. The Morgan fingerprint density at radius 2 is 1.83 bits per heavy atom. The van der Waals surface area contributed by atoms with E-state index in [1.54, 1.807) is 0 Å². The number of aliphatic hydroxyl groups is 1. The van der Waals surface area contributed by atoms with Crippen molar-refractivity contribution >= 4 is 21.7 Å². The lowest BCUT2D eigenvalue weighted by Gasteiger charge is -2.15. The normalized spacial score (nSPS) is 12.4. The third-order valence-electron chi connectivity index (χ3n) is 4.55. The summed E-state index contributed by atoms with van der Waals surface area (Å²) in [5.74, 6) is -0.510. The number of nitro benzene ring substituents is 1. The largest absolute Gasteiger partial charge is 0.461 e. The van der Waals surface area contributed by atoms with Crippen LogP contribution < -0.4 is 4.72 Å². The van der Waals surface area contributed by atoms with Gasteiger partial charge in [0.1, 0.15) is 6.61 Å². The Balaban J connectivity index is 3.02. The lowest BCUT2D eigenvalue weighted by molar-refractivity contribution is -0.387. The summed E-state index contributed by atoms with van der Waals surface area (Å²) >= 11 is 0. The fourth-order valence-electron chi connectivity index (χ4n) is 2.88. The zero-order valence-electron chi connectivity index (χ0n) is 17.4. The summed E-state index contributed by atoms with van der Waals surface area (Å²) in [4.78, 5) is 21.1. The number of benzene rings is 1. The molecule has 0 fully saturated rings. The number of esters is 1. The van der Waals surface area contributed by atoms with Crippen LogP contribution in [0.15, 0.2) is 40.3 Å². The lowest BCUT2D eigenvalue weighted by atomic mass is 10.0. The van der Waals surface area contributed by atoms with Gasteiger partial charge in [0, 0.05) is 19.5 Å². The average molecular weight is 443 g/mol. The van der Waals surface area contributed by atoms with E-state index in [2.05, 4.69) is 11.6 Å². The SMILES string of the molecule is CCCCCCC/C(CNS(=O)(=O)c1ccccc1[N+](=O)[O-])=C(\CO)COC(C)=O. The Kier molecular flexibility index (Phi) is 11.2. The first-order chi connectivity index (χ1) is 14.2. The first-order valence-electron chi connectivity index (χ1n) is 9.90. The number of nitrogens with zero attached hydrogens (tertiary/aromatic N) is 1. The van der Waals surface area contributed by atoms with Crippen LogP contribution in [0.25, 0.3) is 0 Å². The second kappa shape index (κ2) is 13.1. The number of unbranched alkanes of at least 4 members (excludes halogenated alkanes) is 4. The van der Waals surface area contributed by atoms with Gasteiger partial charge in [-0.05, 0) is 24.5 Å². The third kappa shape index (κ3) is 8.60. The number of nitro groups is 1. The van der Waals surface area contributed by atoms with Crippen molar-refractivity contribution in [3.8, 4) is 0 Å². The molecule has 0 saturated carbocycles. The number of para-hydroxylation sites is 1. The molecule has 0 amide bonds. The molecule has 10 heteroatoms. The molecule has 0 aromatic heterocycles. The topological polar surface area (TPSA) is 136 Å². The van der Waals surface area contributed by atoms with Gasteiger partial charge in [-0.15, -0.1) is 0 Å². The van der Waals surface area contributed by atoms with E-state index in [1.807, 2.05) is 0 Å². The van der Waals surface area contributed by atoms with Crippen LogP contribution in [0.1, 0.15) is 52.4 Å². The van der Waals surface area contributed by atoms with Crippen LogP contribution in [0, 0.1) is 10.1 Å². The Hall–Kier alpha value is -2.30. The van der Waals surface area contributed by atoms with Crippen molar-refractivity contribution in [1.82, 2.24) is 4.72 Å². The molecule has 0 aliphatic rings. The minimum atomic E-state index is -4.16. The maximum Gasteiger partial charge on any atom is 0.302 e. The van der Waals surface area contributed by atoms with Crippen molar-refractivity contribution < 1.29 is 28.0 Å². The number of hydrogen-bond donors (Lipinski definition) is 2. The summed E-state index contributed by atoms with van der Waals surface area (Å²) in [6.45, 7) is 2.69. The summed E-state index contributed by atoms with van der Waals surface area (Å²) < 4.78 is 32.7. The van der Waals surface area contributed by atoms with Crippen LogP contribution in [0.5, 0.6) is 0 Å². The van der Waals surface area contributed by atoms with Gasteiger partial charge >= 0.3 is 5.97 Å². The van der Waals surface area contributed by atoms with E-state index in [0.29, 0.717) is 17.6 Å². The van der Waals surface area contributed by atoms with E-state index < -0.39 is 31.5 Å². The molecule has 1 aromatic rings. The number of rotatable bonds is 14. The van der Waals surface area contributed by atoms with Gasteiger partial charge in [0.15, 0.2) is 4.90 Å². The van der Waals surface area contributed by atoms with E-state index in [0.717, 1.165) is 38.2 Å². The molecule has 0 radical (unpaired) electrons. The smallest absolute Gasteiger partial charge is 0.302 e. The number of ether oxygens (including phenoxy) is 1. The van der Waals surface area contributed by atoms with E-state index in [4.69, 9.17) is 4.74 Å². The highest BCUT2D eigenvalue weighted by Gasteiger charge is 2.25. The number of nitrogens with one attached hydrogen (secondary N) is 1. The zero-order valence-corrected chi connectivity index (χ0v) is 18.2. The quantitative estimate of drug-likeness (QED) is 0.148. The van der Waals surface area contributed by atoms with Gasteiger partial charge in [-0.2, -0.15) is 0 Å². The molecular formula is C20H30N2O7S. The Morgan fingerprint density at radius 1 is 1.17 bits per heavy atom. The summed E-state index contributed by atoms with van der Waals surface area (Å²) in [7, 11) is -4.16. The second-order valence-corrected chi connectivity index (χ2v) is 8.59. The third-order valence-corrected chi connectivity index (χ3v) is 6.00. The van der Waals surface area contributed by atoms with Crippen LogP contribution in [-0.4, -0.2) is 44.2 Å². The molecule has 2 N–H and O–H groups in total. The van der Waals surface area contributed by atoms with Gasteiger partial charge in [-0.3, -0.25) is 14.9 Å². The maximum absolute atomic E-state index is 12.7. The van der Waals surface area contributed by atoms with Crippen molar-refractivity contribution in [2.45, 2.75) is 57.3 Å². The van der Waals surface area contributed by atoms with Crippen molar-refractivity contribution in [1.29, 1.82) is 0 Å². The molecule has 0 aliphatic heterocycles. The molecule has 0 aliphatic carbocycles. The molecular weight excluding hydrogens is 412 g/mol. The highest BCUT2D eigenvalue weighted by Crippen LogP contribution is 2.23. The van der Waals surface area contributed by atoms with Crippen molar-refractivity contribution in [2.24, 2.45) is 0 Å². The van der Waals surface area contributed by atoms with Gasteiger partial charge in [-0.25, -0.2) is 13.1 Å². The predicted octanol–water partition coefficient (Wildman–Crippen LogP) is 3.09. The number of hydrogen-bond acceptors (Lipinski definition) is 7. The minimum absolute atomic E-state index is 0.136. The number of carbonyl (C=O) groups excluding carboxylic acids is 1. The summed E-state index contributed by atoms with van der Waals surface area (Å²) in [6, 6.07) is 5.09. The molecule has 0 spiro atoms. The summed E-state index contributed by atoms with van der Waals surface area (Å²) in [6.07, 6.45) is 5.48. The van der Waals surface area contributed by atoms with Crippen LogP contribution in [0.2, 0.25) is 0 Å². The number of carbonyl (C=O) groups is 1. The molecule has 168 valence electrons. The monoisotopic (exact) mass is 442 g/mol. The highest BCUT2D eigenvalue weighted by molar-refractivity contribution is 7.89. The molecule has 9 nitrogen and oxygen atoms in total. The minimum Gasteiger partial charge on any atom is -0.461 e. The Bertz CT molecular complexity index is 850. The van der Waals surface area contributed by atoms with Gasteiger partial charge in [0.2, 0.25) is 10.0 Å². The lowest BCUT2D eigenvalue weighted by Crippen LogP contribution is -2.28. The first-order valence-corrected chi connectivity index (χ1v) is 11.4. The van der Waals surface area contributed by atoms with Crippen molar-refractivity contribution in [3.05, 3.63) is 45.5 Å². The fourth-order valence-corrected chi connectivity index (χ4v) is 4.07. The van der Waals surface area contributed by atoms with E-state index in [1.165, 1.54) is 25.1 Å². The molecule has 1 aromatic carbocycles. The van der Waals surface area contributed by atoms with Crippen molar-refractivity contribution in [3.63, 3.8) is 0 Å². The second-order valence-electron chi connectivity index (χ2n) is 6.86. The average Bonchev–Trinajstić information content (AvgIpc) is 2.71. The molecule has 30 heavy (non-hydrogen) atoms. The van der Waals surface area contributed by atoms with Crippen molar-refractivity contribution in [2.75, 3.05) is 19.8 Å². The molecule has 0 bridgehead atoms. The Morgan fingerprint density at radius 3 is 2.43 bits per heavy atom. The molecule has 0 saturated heterocycles. The highest BCUT2D eigenvalue weighted by atomic mass is 32.2. The zero-order chi connectivity index (χ0) is 22.6. The maximum atomic E-state index is 12.7. The van der Waals surface area contributed by atoms with Crippen LogP contribution in [0.3, 0.4) is 0 Å². The van der Waals surface area contributed by atoms with Crippen LogP contribution in [0.4, 0.5) is 5.69 Å². The fraction of sp³-hybridized carbons (Fsp3) is 0.550. The van der Waals surface area contributed by atoms with E-state index >= 15 is 0 Å². The van der Waals surface area contributed by atoms with Gasteiger partial charge in [0.05, 0.1) is 11.5 Å². The van der Waals surface area contributed by atoms with Crippen LogP contribution in [-0.2, 0) is 19.6 Å². The van der Waals surface area contributed by atoms with E-state index in [-0.39, 0.29) is 19.8 Å². The summed E-state index contributed by atoms with van der Waals surface area (Å²) in [5.41, 5.74) is 0.515. The number of sulfonamides is 1. The summed E-state index contributed by atoms with van der Waals surface area (Å²) in [5, 5.41) is 20.9. The van der Waals surface area contributed by atoms with Gasteiger partial charge in [0.25, 0.3) is 5.69 Å². The Labute approximate surface area is 177 Å². The standard InChI is InChI=1S/C20H30N2O7S/c1-3-4-5-6-7-10-17(18(14-23)15-29-16(2)24)13-21-30(27,28)20-12-9-8-11-19(20)22(25)26/h8-9,11-12,21,23H,3-7,10,13-15H2,1-2H3/b18-17-. The molecule has 1 rings (SSSR count). The molecule has 0 heterocycles. The van der Waals surface area contributed by atoms with E-state index in [9.17, 15) is 28.4 Å². The van der Waals surface area contributed by atoms with Gasteiger partial charge in [-0.1, -0.05) is 50.3 Å². The van der Waals surface area contributed by atoms with Gasteiger partial charge < -0.3 is 9.84 Å². The van der Waals surface area contributed by atoms with Crippen LogP contribution >= 0.6 is 0 Å². The molecule has 0 unspecified atom stereocenters. The molecule has 0 atom stereocenters.